The molecule has 162 valence electrons. The fraction of sp³-hybridized carbons (Fsp3) is 0.148. The first-order valence-electron chi connectivity index (χ1n) is 10.6. The first-order chi connectivity index (χ1) is 15.6. The normalized spacial score (nSPS) is 12.4. The van der Waals surface area contributed by atoms with Gasteiger partial charge in [-0.2, -0.15) is 5.10 Å². The van der Waals surface area contributed by atoms with Crippen molar-refractivity contribution in [1.29, 1.82) is 0 Å². The van der Waals surface area contributed by atoms with Gasteiger partial charge in [0.05, 0.1) is 11.6 Å². The van der Waals surface area contributed by atoms with E-state index in [1.54, 1.807) is 6.08 Å². The van der Waals surface area contributed by atoms with E-state index in [1.165, 1.54) is 6.08 Å². The lowest BCUT2D eigenvalue weighted by molar-refractivity contribution is -0.122. The lowest BCUT2D eigenvalue weighted by atomic mass is 9.96. The third-order valence-electron chi connectivity index (χ3n) is 5.06. The second-order valence-corrected chi connectivity index (χ2v) is 7.36. The second-order valence-electron chi connectivity index (χ2n) is 7.36. The largest absolute Gasteiger partial charge is 0.323 e. The van der Waals surface area contributed by atoms with Crippen LogP contribution in [-0.2, 0) is 9.59 Å². The van der Waals surface area contributed by atoms with Crippen LogP contribution in [0.15, 0.2) is 96.1 Å². The Kier molecular flexibility index (Phi) is 8.09. The van der Waals surface area contributed by atoms with E-state index in [0.29, 0.717) is 17.8 Å². The van der Waals surface area contributed by atoms with Crippen molar-refractivity contribution in [3.8, 4) is 0 Å². The lowest BCUT2D eigenvalue weighted by Crippen LogP contribution is -2.26. The summed E-state index contributed by atoms with van der Waals surface area (Å²) in [5.74, 6) is -0.577. The van der Waals surface area contributed by atoms with E-state index in [1.807, 2.05) is 98.8 Å². The molecule has 0 saturated carbocycles. The van der Waals surface area contributed by atoms with Gasteiger partial charge in [-0.25, -0.2) is 5.43 Å². The van der Waals surface area contributed by atoms with Crippen molar-refractivity contribution in [1.82, 2.24) is 5.43 Å². The Morgan fingerprint density at radius 3 is 2.16 bits per heavy atom. The van der Waals surface area contributed by atoms with Gasteiger partial charge < -0.3 is 5.32 Å². The van der Waals surface area contributed by atoms with Gasteiger partial charge in [0.15, 0.2) is 0 Å². The Hall–Kier alpha value is -3.99. The average Bonchev–Trinajstić information content (AvgIpc) is 2.83. The zero-order valence-corrected chi connectivity index (χ0v) is 18.3. The maximum Gasteiger partial charge on any atom is 0.248 e. The Morgan fingerprint density at radius 2 is 1.53 bits per heavy atom. The zero-order chi connectivity index (χ0) is 22.8. The van der Waals surface area contributed by atoms with E-state index < -0.39 is 0 Å². The van der Waals surface area contributed by atoms with E-state index in [0.717, 1.165) is 16.7 Å². The molecule has 0 saturated heterocycles. The number of hydrogen-bond acceptors (Lipinski definition) is 3. The molecular formula is C27H27N3O2. The number of nitrogens with zero attached hydrogens (tertiary/aromatic N) is 1. The Morgan fingerprint density at radius 1 is 0.906 bits per heavy atom. The van der Waals surface area contributed by atoms with Gasteiger partial charge in [-0.15, -0.1) is 0 Å². The molecule has 1 unspecified atom stereocenters. The summed E-state index contributed by atoms with van der Waals surface area (Å²) in [6.45, 7) is 3.82. The van der Waals surface area contributed by atoms with Crippen LogP contribution in [0.5, 0.6) is 0 Å². The number of rotatable bonds is 8. The number of benzene rings is 3. The zero-order valence-electron chi connectivity index (χ0n) is 18.3. The van der Waals surface area contributed by atoms with Crippen molar-refractivity contribution in [2.45, 2.75) is 26.2 Å². The molecule has 0 aliphatic rings. The number of carbonyl (C=O) groups excluding carboxylic acids is 2. The minimum atomic E-state index is -0.241. The highest BCUT2D eigenvalue weighted by atomic mass is 16.2. The summed E-state index contributed by atoms with van der Waals surface area (Å²) in [5, 5.41) is 7.09. The summed E-state index contributed by atoms with van der Waals surface area (Å²) in [6.07, 6.45) is 3.96. The highest BCUT2D eigenvalue weighted by Gasteiger charge is 2.18. The molecule has 32 heavy (non-hydrogen) atoms. The summed E-state index contributed by atoms with van der Waals surface area (Å²) in [5.41, 5.74) is 6.84. The van der Waals surface area contributed by atoms with Crippen LogP contribution in [0.1, 0.15) is 42.9 Å². The van der Waals surface area contributed by atoms with Crippen molar-refractivity contribution in [2.75, 3.05) is 5.32 Å². The van der Waals surface area contributed by atoms with Gasteiger partial charge in [0.1, 0.15) is 0 Å². The van der Waals surface area contributed by atoms with Gasteiger partial charge in [-0.05, 0) is 48.2 Å². The van der Waals surface area contributed by atoms with Crippen molar-refractivity contribution in [3.63, 3.8) is 0 Å². The molecule has 0 aliphatic heterocycles. The van der Waals surface area contributed by atoms with Gasteiger partial charge in [-0.3, -0.25) is 9.59 Å². The fourth-order valence-electron chi connectivity index (χ4n) is 3.25. The average molecular weight is 426 g/mol. The Labute approximate surface area is 188 Å². The second kappa shape index (κ2) is 11.4. The molecule has 0 aromatic heterocycles. The van der Waals surface area contributed by atoms with E-state index in [4.69, 9.17) is 0 Å². The summed E-state index contributed by atoms with van der Waals surface area (Å²) in [6, 6.07) is 26.7. The molecule has 0 fully saturated rings. The van der Waals surface area contributed by atoms with Crippen LogP contribution in [0, 0.1) is 0 Å². The van der Waals surface area contributed by atoms with Crippen LogP contribution >= 0.6 is 0 Å². The fourth-order valence-corrected chi connectivity index (χ4v) is 3.25. The van der Waals surface area contributed by atoms with Crippen LogP contribution in [0.25, 0.3) is 6.08 Å². The van der Waals surface area contributed by atoms with E-state index >= 15 is 0 Å². The maximum absolute atomic E-state index is 12.6. The molecule has 0 heterocycles. The van der Waals surface area contributed by atoms with Gasteiger partial charge >= 0.3 is 0 Å². The first-order valence-corrected chi connectivity index (χ1v) is 10.6. The van der Waals surface area contributed by atoms with Gasteiger partial charge in [0.2, 0.25) is 11.8 Å². The SMILES string of the molecule is CCC(C(=O)N/N=C(\C)c1ccc(NC(=O)/C=C/c2ccccc2)cc1)c1ccccc1. The Balaban J connectivity index is 1.57. The summed E-state index contributed by atoms with van der Waals surface area (Å²) < 4.78 is 0. The number of hydrogen-bond donors (Lipinski definition) is 2. The van der Waals surface area contributed by atoms with E-state index in [9.17, 15) is 9.59 Å². The molecule has 3 aromatic carbocycles. The summed E-state index contributed by atoms with van der Waals surface area (Å²) in [7, 11) is 0. The minimum Gasteiger partial charge on any atom is -0.323 e. The van der Waals surface area contributed by atoms with Crippen LogP contribution < -0.4 is 10.7 Å². The molecule has 2 N–H and O–H groups in total. The van der Waals surface area contributed by atoms with Crippen molar-refractivity contribution in [2.24, 2.45) is 5.10 Å². The quantitative estimate of drug-likeness (QED) is 0.289. The number of nitrogens with one attached hydrogen (secondary N) is 2. The van der Waals surface area contributed by atoms with Crippen LogP contribution in [0.2, 0.25) is 0 Å². The molecule has 1 atom stereocenters. The molecule has 0 spiro atoms. The first kappa shape index (κ1) is 22.7. The molecular weight excluding hydrogens is 398 g/mol. The molecule has 2 amide bonds. The molecule has 0 aliphatic carbocycles. The number of amides is 2. The monoisotopic (exact) mass is 425 g/mol. The molecule has 0 radical (unpaired) electrons. The smallest absolute Gasteiger partial charge is 0.248 e. The van der Waals surface area contributed by atoms with E-state index in [-0.39, 0.29) is 17.7 Å². The van der Waals surface area contributed by atoms with Crippen molar-refractivity contribution in [3.05, 3.63) is 108 Å². The number of hydrazone groups is 1. The number of anilines is 1. The minimum absolute atomic E-state index is 0.132. The highest BCUT2D eigenvalue weighted by molar-refractivity contribution is 6.03. The van der Waals surface area contributed by atoms with Gasteiger partial charge in [0.25, 0.3) is 0 Å². The highest BCUT2D eigenvalue weighted by Crippen LogP contribution is 2.19. The lowest BCUT2D eigenvalue weighted by Gasteiger charge is -2.13. The molecule has 5 nitrogen and oxygen atoms in total. The van der Waals surface area contributed by atoms with Gasteiger partial charge in [-0.1, -0.05) is 79.7 Å². The van der Waals surface area contributed by atoms with Gasteiger partial charge in [0, 0.05) is 11.8 Å². The van der Waals surface area contributed by atoms with Crippen LogP contribution in [0.3, 0.4) is 0 Å². The van der Waals surface area contributed by atoms with Crippen molar-refractivity contribution >= 4 is 29.3 Å². The molecule has 0 bridgehead atoms. The van der Waals surface area contributed by atoms with Crippen LogP contribution in [0.4, 0.5) is 5.69 Å². The van der Waals surface area contributed by atoms with Crippen molar-refractivity contribution < 1.29 is 9.59 Å². The maximum atomic E-state index is 12.6. The van der Waals surface area contributed by atoms with Crippen LogP contribution in [-0.4, -0.2) is 17.5 Å². The molecule has 3 rings (SSSR count). The summed E-state index contributed by atoms with van der Waals surface area (Å²) in [4.78, 5) is 24.7. The standard InChI is InChI=1S/C27H27N3O2/c1-3-25(23-12-8-5-9-13-23)27(32)30-29-20(2)22-15-17-24(18-16-22)28-26(31)19-14-21-10-6-4-7-11-21/h4-19,25H,3H2,1-2H3,(H,28,31)(H,30,32)/b19-14+,29-20+. The number of carbonyl (C=O) groups is 2. The van der Waals surface area contributed by atoms with E-state index in [2.05, 4.69) is 15.8 Å². The third-order valence-corrected chi connectivity index (χ3v) is 5.06. The molecule has 3 aromatic rings. The predicted molar refractivity (Wildman–Crippen MR) is 130 cm³/mol. The molecule has 5 heteroatoms. The summed E-state index contributed by atoms with van der Waals surface area (Å²) >= 11 is 0. The predicted octanol–water partition coefficient (Wildman–Crippen LogP) is 5.37. The third kappa shape index (κ3) is 6.51. The topological polar surface area (TPSA) is 70.6 Å². The Bertz CT molecular complexity index is 1090.